The zero-order valence-electron chi connectivity index (χ0n) is 9.01. The molecule has 0 N–H and O–H groups in total. The van der Waals surface area contributed by atoms with E-state index < -0.39 is 0 Å². The number of benzene rings is 1. The van der Waals surface area contributed by atoms with E-state index in [1.165, 1.54) is 23.3 Å². The van der Waals surface area contributed by atoms with Crippen molar-refractivity contribution in [2.45, 2.75) is 22.6 Å². The molecule has 0 aliphatic carbocycles. The predicted molar refractivity (Wildman–Crippen MR) is 70.2 cm³/mol. The molecule has 0 spiro atoms. The van der Waals surface area contributed by atoms with Crippen LogP contribution in [0.25, 0.3) is 0 Å². The fourth-order valence-corrected chi connectivity index (χ4v) is 3.20. The number of aromatic nitrogens is 2. The highest BCUT2D eigenvalue weighted by Crippen LogP contribution is 2.31. The van der Waals surface area contributed by atoms with Gasteiger partial charge in [-0.15, -0.1) is 0 Å². The zero-order chi connectivity index (χ0) is 12.3. The Labute approximate surface area is 112 Å². The van der Waals surface area contributed by atoms with Gasteiger partial charge in [0.1, 0.15) is 5.82 Å². The van der Waals surface area contributed by atoms with Gasteiger partial charge < -0.3 is 0 Å². The van der Waals surface area contributed by atoms with Crippen molar-refractivity contribution in [2.75, 3.05) is 0 Å². The molecule has 0 atom stereocenters. The molecule has 1 heterocycles. The standard InChI is InChI=1S/C11H9ClN2OS2/c1-2-10-13-11(17-14-10)16-8-4-3-7(6-15)9(12)5-8/h3-6H,2H2,1H3. The topological polar surface area (TPSA) is 42.9 Å². The number of nitrogens with zero attached hydrogens (tertiary/aromatic N) is 2. The van der Waals surface area contributed by atoms with E-state index in [9.17, 15) is 4.79 Å². The Morgan fingerprint density at radius 2 is 2.35 bits per heavy atom. The van der Waals surface area contributed by atoms with Crippen LogP contribution in [0.15, 0.2) is 27.4 Å². The SMILES string of the molecule is CCc1nsc(Sc2ccc(C=O)c(Cl)c2)n1. The number of hydrogen-bond acceptors (Lipinski definition) is 5. The molecule has 0 radical (unpaired) electrons. The minimum Gasteiger partial charge on any atom is -0.298 e. The molecule has 2 rings (SSSR count). The maximum atomic E-state index is 10.6. The van der Waals surface area contributed by atoms with Gasteiger partial charge in [0.2, 0.25) is 0 Å². The molecule has 0 saturated carbocycles. The number of aldehydes is 1. The molecule has 6 heteroatoms. The van der Waals surface area contributed by atoms with Gasteiger partial charge in [-0.2, -0.15) is 4.37 Å². The quantitative estimate of drug-likeness (QED) is 0.803. The molecule has 0 saturated heterocycles. The third-order valence-corrected chi connectivity index (χ3v) is 4.18. The van der Waals surface area contributed by atoms with Gasteiger partial charge in [0.15, 0.2) is 10.6 Å². The monoisotopic (exact) mass is 284 g/mol. The second kappa shape index (κ2) is 5.62. The second-order valence-corrected chi connectivity index (χ2v) is 5.71. The number of rotatable bonds is 4. The van der Waals surface area contributed by atoms with E-state index in [-0.39, 0.29) is 0 Å². The molecule has 0 unspecified atom stereocenters. The fourth-order valence-electron chi connectivity index (χ4n) is 1.19. The maximum absolute atomic E-state index is 10.6. The lowest BCUT2D eigenvalue weighted by molar-refractivity contribution is 0.112. The summed E-state index contributed by atoms with van der Waals surface area (Å²) in [4.78, 5) is 15.9. The van der Waals surface area contributed by atoms with Crippen LogP contribution in [-0.4, -0.2) is 15.6 Å². The summed E-state index contributed by atoms with van der Waals surface area (Å²) in [5.74, 6) is 0.855. The Balaban J connectivity index is 2.18. The van der Waals surface area contributed by atoms with Crippen molar-refractivity contribution < 1.29 is 4.79 Å². The molecule has 1 aromatic carbocycles. The van der Waals surface area contributed by atoms with Crippen LogP contribution in [-0.2, 0) is 6.42 Å². The smallest absolute Gasteiger partial charge is 0.174 e. The largest absolute Gasteiger partial charge is 0.298 e. The van der Waals surface area contributed by atoms with Gasteiger partial charge in [-0.3, -0.25) is 4.79 Å². The molecule has 0 fully saturated rings. The van der Waals surface area contributed by atoms with Crippen molar-refractivity contribution in [1.82, 2.24) is 9.36 Å². The first-order valence-corrected chi connectivity index (χ1v) is 6.95. The van der Waals surface area contributed by atoms with E-state index in [4.69, 9.17) is 11.6 Å². The summed E-state index contributed by atoms with van der Waals surface area (Å²) < 4.78 is 5.09. The van der Waals surface area contributed by atoms with E-state index in [2.05, 4.69) is 9.36 Å². The third-order valence-electron chi connectivity index (χ3n) is 2.07. The fraction of sp³-hybridized carbons (Fsp3) is 0.182. The van der Waals surface area contributed by atoms with Gasteiger partial charge in [-0.25, -0.2) is 4.98 Å². The molecular formula is C11H9ClN2OS2. The molecule has 0 amide bonds. The van der Waals surface area contributed by atoms with Crippen LogP contribution in [0.4, 0.5) is 0 Å². The van der Waals surface area contributed by atoms with Crippen LogP contribution < -0.4 is 0 Å². The van der Waals surface area contributed by atoms with Crippen molar-refractivity contribution in [2.24, 2.45) is 0 Å². The van der Waals surface area contributed by atoms with Gasteiger partial charge >= 0.3 is 0 Å². The van der Waals surface area contributed by atoms with Crippen molar-refractivity contribution in [3.05, 3.63) is 34.6 Å². The zero-order valence-corrected chi connectivity index (χ0v) is 11.4. The van der Waals surface area contributed by atoms with Crippen LogP contribution >= 0.6 is 34.9 Å². The number of halogens is 1. The Bertz CT molecular complexity index is 542. The number of carbonyl (C=O) groups is 1. The summed E-state index contributed by atoms with van der Waals surface area (Å²) in [6, 6.07) is 5.33. The van der Waals surface area contributed by atoms with Gasteiger partial charge in [0, 0.05) is 16.9 Å². The minimum absolute atomic E-state index is 0.463. The number of hydrogen-bond donors (Lipinski definition) is 0. The molecule has 17 heavy (non-hydrogen) atoms. The maximum Gasteiger partial charge on any atom is 0.174 e. The number of carbonyl (C=O) groups excluding carboxylic acids is 1. The Hall–Kier alpha value is -0.910. The van der Waals surface area contributed by atoms with Gasteiger partial charge in [-0.05, 0) is 29.7 Å². The summed E-state index contributed by atoms with van der Waals surface area (Å²) in [6.45, 7) is 2.02. The van der Waals surface area contributed by atoms with Crippen molar-refractivity contribution >= 4 is 41.2 Å². The molecular weight excluding hydrogens is 276 g/mol. The van der Waals surface area contributed by atoms with E-state index >= 15 is 0 Å². The third kappa shape index (κ3) is 3.06. The van der Waals surface area contributed by atoms with E-state index in [1.54, 1.807) is 12.1 Å². The lowest BCUT2D eigenvalue weighted by atomic mass is 10.2. The van der Waals surface area contributed by atoms with Crippen LogP contribution in [0, 0.1) is 0 Å². The van der Waals surface area contributed by atoms with Crippen molar-refractivity contribution in [1.29, 1.82) is 0 Å². The summed E-state index contributed by atoms with van der Waals surface area (Å²) in [5, 5.41) is 0.463. The van der Waals surface area contributed by atoms with E-state index in [0.29, 0.717) is 10.6 Å². The van der Waals surface area contributed by atoms with Gasteiger partial charge in [0.05, 0.1) is 5.02 Å². The lowest BCUT2D eigenvalue weighted by Crippen LogP contribution is -1.83. The molecule has 1 aromatic heterocycles. The summed E-state index contributed by atoms with van der Waals surface area (Å²) in [6.07, 6.45) is 1.58. The molecule has 3 nitrogen and oxygen atoms in total. The van der Waals surface area contributed by atoms with Crippen LogP contribution in [0.3, 0.4) is 0 Å². The summed E-state index contributed by atoms with van der Waals surface area (Å²) in [5.41, 5.74) is 0.502. The summed E-state index contributed by atoms with van der Waals surface area (Å²) in [7, 11) is 0. The Morgan fingerprint density at radius 1 is 1.53 bits per heavy atom. The van der Waals surface area contributed by atoms with E-state index in [0.717, 1.165) is 27.8 Å². The van der Waals surface area contributed by atoms with E-state index in [1.807, 2.05) is 13.0 Å². The highest BCUT2D eigenvalue weighted by atomic mass is 35.5. The average molecular weight is 285 g/mol. The van der Waals surface area contributed by atoms with Gasteiger partial charge in [0.25, 0.3) is 0 Å². The molecule has 0 aliphatic rings. The molecule has 88 valence electrons. The van der Waals surface area contributed by atoms with Crippen LogP contribution in [0.1, 0.15) is 23.1 Å². The average Bonchev–Trinajstić information content (AvgIpc) is 2.77. The van der Waals surface area contributed by atoms with Crippen LogP contribution in [0.5, 0.6) is 0 Å². The molecule has 0 bridgehead atoms. The van der Waals surface area contributed by atoms with Crippen molar-refractivity contribution in [3.63, 3.8) is 0 Å². The number of aryl methyl sites for hydroxylation is 1. The second-order valence-electron chi connectivity index (χ2n) is 3.23. The predicted octanol–water partition coefficient (Wildman–Crippen LogP) is 3.72. The lowest BCUT2D eigenvalue weighted by Gasteiger charge is -2.00. The highest BCUT2D eigenvalue weighted by molar-refractivity contribution is 8.01. The Kier molecular flexibility index (Phi) is 4.15. The highest BCUT2D eigenvalue weighted by Gasteiger charge is 2.06. The first-order valence-electron chi connectivity index (χ1n) is 4.98. The van der Waals surface area contributed by atoms with Gasteiger partial charge in [-0.1, -0.05) is 30.3 Å². The van der Waals surface area contributed by atoms with Crippen LogP contribution in [0.2, 0.25) is 5.02 Å². The Morgan fingerprint density at radius 3 is 2.94 bits per heavy atom. The molecule has 2 aromatic rings. The summed E-state index contributed by atoms with van der Waals surface area (Å²) >= 11 is 8.83. The molecule has 0 aliphatic heterocycles. The first kappa shape index (κ1) is 12.5. The first-order chi connectivity index (χ1) is 8.22. The van der Waals surface area contributed by atoms with Crippen molar-refractivity contribution in [3.8, 4) is 0 Å². The minimum atomic E-state index is 0.463. The normalized spacial score (nSPS) is 10.5.